The number of carbonyl (C=O) groups is 2. The molecule has 27 heavy (non-hydrogen) atoms. The molecule has 0 bridgehead atoms. The minimum Gasteiger partial charge on any atom is -0.478 e. The van der Waals surface area contributed by atoms with Crippen LogP contribution in [-0.4, -0.2) is 30.1 Å². The van der Waals surface area contributed by atoms with Gasteiger partial charge in [0.25, 0.3) is 5.91 Å². The van der Waals surface area contributed by atoms with Gasteiger partial charge in [-0.3, -0.25) is 4.79 Å². The number of hydrogen-bond donors (Lipinski definition) is 2. The minimum atomic E-state index is -1.00. The highest BCUT2D eigenvalue weighted by Crippen LogP contribution is 2.30. The lowest BCUT2D eigenvalue weighted by Gasteiger charge is -2.37. The summed E-state index contributed by atoms with van der Waals surface area (Å²) in [4.78, 5) is 26.3. The second-order valence-electron chi connectivity index (χ2n) is 7.35. The fourth-order valence-corrected chi connectivity index (χ4v) is 3.85. The molecule has 1 aliphatic heterocycles. The summed E-state index contributed by atoms with van der Waals surface area (Å²) in [6.45, 7) is 6.04. The Bertz CT molecular complexity index is 841. The average Bonchev–Trinajstić information content (AvgIpc) is 2.61. The van der Waals surface area contributed by atoms with Gasteiger partial charge in [0.1, 0.15) is 0 Å². The van der Waals surface area contributed by atoms with Gasteiger partial charge in [-0.2, -0.15) is 0 Å². The number of piperidine rings is 1. The molecule has 1 fully saturated rings. The summed E-state index contributed by atoms with van der Waals surface area (Å²) in [6, 6.07) is 11.6. The molecule has 0 radical (unpaired) electrons. The second-order valence-corrected chi connectivity index (χ2v) is 7.79. The van der Waals surface area contributed by atoms with Crippen molar-refractivity contribution in [2.45, 2.75) is 20.3 Å². The number of anilines is 2. The number of carbonyl (C=O) groups excluding carboxylic acids is 1. The van der Waals surface area contributed by atoms with Crippen LogP contribution in [0.2, 0.25) is 5.02 Å². The van der Waals surface area contributed by atoms with E-state index in [1.165, 1.54) is 6.07 Å². The molecule has 0 spiro atoms. The third-order valence-electron chi connectivity index (χ3n) is 4.80. The molecule has 1 saturated heterocycles. The lowest BCUT2D eigenvalue weighted by atomic mass is 9.91. The van der Waals surface area contributed by atoms with Gasteiger partial charge in [0, 0.05) is 29.4 Å². The van der Waals surface area contributed by atoms with Crippen LogP contribution in [0.4, 0.5) is 11.4 Å². The van der Waals surface area contributed by atoms with Crippen molar-refractivity contribution in [1.82, 2.24) is 0 Å². The van der Waals surface area contributed by atoms with Crippen molar-refractivity contribution < 1.29 is 14.7 Å². The van der Waals surface area contributed by atoms with E-state index in [-0.39, 0.29) is 11.5 Å². The third-order valence-corrected chi connectivity index (χ3v) is 5.05. The van der Waals surface area contributed by atoms with E-state index < -0.39 is 5.97 Å². The molecule has 5 nitrogen and oxygen atoms in total. The van der Waals surface area contributed by atoms with Crippen molar-refractivity contribution in [3.63, 3.8) is 0 Å². The van der Waals surface area contributed by atoms with Crippen LogP contribution in [0.25, 0.3) is 0 Å². The van der Waals surface area contributed by atoms with E-state index in [9.17, 15) is 14.7 Å². The van der Waals surface area contributed by atoms with Crippen molar-refractivity contribution in [3.8, 4) is 0 Å². The van der Waals surface area contributed by atoms with Crippen LogP contribution >= 0.6 is 11.6 Å². The molecule has 0 saturated carbocycles. The first-order valence-corrected chi connectivity index (χ1v) is 9.40. The van der Waals surface area contributed by atoms with Crippen LogP contribution in [0.3, 0.4) is 0 Å². The van der Waals surface area contributed by atoms with Crippen LogP contribution in [-0.2, 0) is 0 Å². The Hall–Kier alpha value is -2.53. The normalized spacial score (nSPS) is 19.6. The van der Waals surface area contributed by atoms with Crippen LogP contribution in [0.1, 0.15) is 41.0 Å². The van der Waals surface area contributed by atoms with E-state index in [4.69, 9.17) is 11.6 Å². The maximum Gasteiger partial charge on any atom is 0.337 e. The number of benzene rings is 2. The van der Waals surface area contributed by atoms with Crippen molar-refractivity contribution in [3.05, 3.63) is 58.6 Å². The molecular formula is C21H23ClN2O3. The Kier molecular flexibility index (Phi) is 5.71. The Morgan fingerprint density at radius 1 is 1.07 bits per heavy atom. The number of carboxylic acid groups (broad SMARTS) is 1. The lowest BCUT2D eigenvalue weighted by Crippen LogP contribution is -2.39. The molecule has 3 rings (SSSR count). The van der Waals surface area contributed by atoms with Gasteiger partial charge in [-0.1, -0.05) is 25.4 Å². The average molecular weight is 387 g/mol. The summed E-state index contributed by atoms with van der Waals surface area (Å²) < 4.78 is 0. The highest BCUT2D eigenvalue weighted by Gasteiger charge is 2.25. The number of amides is 1. The number of halogens is 1. The molecule has 1 amide bonds. The van der Waals surface area contributed by atoms with Crippen LogP contribution in [0.15, 0.2) is 42.5 Å². The van der Waals surface area contributed by atoms with E-state index in [2.05, 4.69) is 24.1 Å². The zero-order valence-electron chi connectivity index (χ0n) is 15.4. The summed E-state index contributed by atoms with van der Waals surface area (Å²) in [5.74, 6) is -0.284. The van der Waals surface area contributed by atoms with Gasteiger partial charge in [0.15, 0.2) is 0 Å². The zero-order valence-corrected chi connectivity index (χ0v) is 16.2. The fraction of sp³-hybridized carbons (Fsp3) is 0.333. The first kappa shape index (κ1) is 19.2. The van der Waals surface area contributed by atoms with E-state index in [1.54, 1.807) is 36.4 Å². The Morgan fingerprint density at radius 2 is 1.70 bits per heavy atom. The maximum absolute atomic E-state index is 12.4. The van der Waals surface area contributed by atoms with Gasteiger partial charge in [-0.05, 0) is 60.7 Å². The number of nitrogens with zero attached hydrogens (tertiary/aromatic N) is 1. The predicted molar refractivity (Wildman–Crippen MR) is 108 cm³/mol. The summed E-state index contributed by atoms with van der Waals surface area (Å²) in [6.07, 6.45) is 1.15. The SMILES string of the molecule is C[C@@H]1C[C@H](C)CN(c2ccc(NC(=O)c3ccc(Cl)cc3)cc2C(=O)O)C1. The molecule has 6 heteroatoms. The number of hydrogen-bond acceptors (Lipinski definition) is 3. The van der Waals surface area contributed by atoms with Crippen LogP contribution < -0.4 is 10.2 Å². The van der Waals surface area contributed by atoms with Crippen LogP contribution in [0.5, 0.6) is 0 Å². The van der Waals surface area contributed by atoms with E-state index in [1.807, 2.05) is 0 Å². The van der Waals surface area contributed by atoms with Gasteiger partial charge >= 0.3 is 5.97 Å². The van der Waals surface area contributed by atoms with Crippen molar-refractivity contribution in [2.75, 3.05) is 23.3 Å². The smallest absolute Gasteiger partial charge is 0.337 e. The Labute approximate surface area is 163 Å². The molecule has 0 aromatic heterocycles. The van der Waals surface area contributed by atoms with Crippen molar-refractivity contribution in [1.29, 1.82) is 0 Å². The number of nitrogens with one attached hydrogen (secondary N) is 1. The third kappa shape index (κ3) is 4.61. The highest BCUT2D eigenvalue weighted by atomic mass is 35.5. The van der Waals surface area contributed by atoms with Gasteiger partial charge in [0.05, 0.1) is 11.3 Å². The van der Waals surface area contributed by atoms with Crippen molar-refractivity contribution >= 4 is 34.9 Å². The highest BCUT2D eigenvalue weighted by molar-refractivity contribution is 6.30. The molecule has 1 heterocycles. The first-order chi connectivity index (χ1) is 12.8. The van der Waals surface area contributed by atoms with Gasteiger partial charge in [-0.25, -0.2) is 4.79 Å². The van der Waals surface area contributed by atoms with Crippen LogP contribution in [0, 0.1) is 11.8 Å². The number of carboxylic acids is 1. The Morgan fingerprint density at radius 3 is 2.30 bits per heavy atom. The molecule has 142 valence electrons. The maximum atomic E-state index is 12.4. The van der Waals surface area contributed by atoms with E-state index in [0.29, 0.717) is 33.8 Å². The van der Waals surface area contributed by atoms with E-state index >= 15 is 0 Å². The summed E-state index contributed by atoms with van der Waals surface area (Å²) >= 11 is 5.84. The number of aromatic carboxylic acids is 1. The predicted octanol–water partition coefficient (Wildman–Crippen LogP) is 4.77. The molecule has 2 aromatic rings. The molecule has 2 N–H and O–H groups in total. The number of rotatable bonds is 4. The lowest BCUT2D eigenvalue weighted by molar-refractivity contribution is 0.0697. The first-order valence-electron chi connectivity index (χ1n) is 9.02. The van der Waals surface area contributed by atoms with Crippen molar-refractivity contribution in [2.24, 2.45) is 11.8 Å². The molecule has 1 aliphatic rings. The van der Waals surface area contributed by atoms with Gasteiger partial charge in [0.2, 0.25) is 0 Å². The second kappa shape index (κ2) is 8.01. The standard InChI is InChI=1S/C21H23ClN2O3/c1-13-9-14(2)12-24(11-13)19-8-7-17(10-18(19)21(26)27)23-20(25)15-3-5-16(22)6-4-15/h3-8,10,13-14H,9,11-12H2,1-2H3,(H,23,25)(H,26,27)/t13-,14+. The zero-order chi connectivity index (χ0) is 19.6. The Balaban J connectivity index is 1.84. The minimum absolute atomic E-state index is 0.199. The topological polar surface area (TPSA) is 69.6 Å². The molecule has 2 atom stereocenters. The van der Waals surface area contributed by atoms with Gasteiger partial charge in [-0.15, -0.1) is 0 Å². The fourth-order valence-electron chi connectivity index (χ4n) is 3.73. The van der Waals surface area contributed by atoms with Gasteiger partial charge < -0.3 is 15.3 Å². The molecule has 0 unspecified atom stereocenters. The van der Waals surface area contributed by atoms with E-state index in [0.717, 1.165) is 19.5 Å². The quantitative estimate of drug-likeness (QED) is 0.793. The summed E-state index contributed by atoms with van der Waals surface area (Å²) in [5.41, 5.74) is 1.81. The molecule has 2 aromatic carbocycles. The largest absolute Gasteiger partial charge is 0.478 e. The summed E-state index contributed by atoms with van der Waals surface area (Å²) in [7, 11) is 0. The summed E-state index contributed by atoms with van der Waals surface area (Å²) in [5, 5.41) is 13.0. The molecule has 0 aliphatic carbocycles. The molecular weight excluding hydrogens is 364 g/mol. The monoisotopic (exact) mass is 386 g/mol.